The fraction of sp³-hybridized carbons (Fsp3) is 0.647. The van der Waals surface area contributed by atoms with E-state index in [1.165, 1.54) is 12.2 Å². The SMILES string of the molecule is O=C(O)CN1CCOCCN(C(=O)CCN2C(=O)C=CC2=O)CCOCC1. The largest absolute Gasteiger partial charge is 0.480 e. The maximum atomic E-state index is 12.4. The molecule has 0 bridgehead atoms. The Labute approximate surface area is 157 Å². The van der Waals surface area contributed by atoms with Gasteiger partial charge in [0.25, 0.3) is 11.8 Å². The smallest absolute Gasteiger partial charge is 0.317 e. The van der Waals surface area contributed by atoms with Gasteiger partial charge in [-0.3, -0.25) is 29.0 Å². The molecule has 2 aliphatic rings. The van der Waals surface area contributed by atoms with E-state index in [4.69, 9.17) is 14.6 Å². The summed E-state index contributed by atoms with van der Waals surface area (Å²) in [6, 6.07) is 0. The Kier molecular flexibility index (Phi) is 8.37. The van der Waals surface area contributed by atoms with Crippen molar-refractivity contribution in [3.8, 4) is 0 Å². The third kappa shape index (κ3) is 7.08. The van der Waals surface area contributed by atoms with Gasteiger partial charge < -0.3 is 19.5 Å². The van der Waals surface area contributed by atoms with Gasteiger partial charge in [0, 0.05) is 51.3 Å². The molecule has 0 radical (unpaired) electrons. The number of rotatable bonds is 5. The van der Waals surface area contributed by atoms with E-state index in [-0.39, 0.29) is 25.4 Å². The van der Waals surface area contributed by atoms with Gasteiger partial charge in [0.05, 0.1) is 33.0 Å². The van der Waals surface area contributed by atoms with E-state index >= 15 is 0 Å². The Hall–Kier alpha value is -2.30. The highest BCUT2D eigenvalue weighted by atomic mass is 16.5. The van der Waals surface area contributed by atoms with Crippen LogP contribution in [0.2, 0.25) is 0 Å². The van der Waals surface area contributed by atoms with Crippen molar-refractivity contribution in [2.75, 3.05) is 65.7 Å². The van der Waals surface area contributed by atoms with Gasteiger partial charge in [-0.2, -0.15) is 0 Å². The molecule has 2 rings (SSSR count). The minimum Gasteiger partial charge on any atom is -0.480 e. The predicted molar refractivity (Wildman–Crippen MR) is 92.8 cm³/mol. The molecule has 0 aromatic heterocycles. The van der Waals surface area contributed by atoms with Crippen molar-refractivity contribution in [1.29, 1.82) is 0 Å². The molecule has 2 aliphatic heterocycles. The highest BCUT2D eigenvalue weighted by Gasteiger charge is 2.25. The molecule has 10 nitrogen and oxygen atoms in total. The monoisotopic (exact) mass is 383 g/mol. The summed E-state index contributed by atoms with van der Waals surface area (Å²) in [5.41, 5.74) is 0. The molecule has 0 unspecified atom stereocenters. The van der Waals surface area contributed by atoms with Crippen molar-refractivity contribution in [1.82, 2.24) is 14.7 Å². The zero-order valence-electron chi connectivity index (χ0n) is 15.2. The Morgan fingerprint density at radius 2 is 1.44 bits per heavy atom. The molecule has 27 heavy (non-hydrogen) atoms. The van der Waals surface area contributed by atoms with Crippen LogP contribution in [0.15, 0.2) is 12.2 Å². The molecule has 1 fully saturated rings. The molecular weight excluding hydrogens is 358 g/mol. The molecule has 2 heterocycles. The van der Waals surface area contributed by atoms with Gasteiger partial charge in [0.15, 0.2) is 0 Å². The molecule has 150 valence electrons. The molecule has 0 aromatic carbocycles. The van der Waals surface area contributed by atoms with Crippen LogP contribution in [0.25, 0.3) is 0 Å². The minimum absolute atomic E-state index is 0.0472. The van der Waals surface area contributed by atoms with E-state index < -0.39 is 17.8 Å². The summed E-state index contributed by atoms with van der Waals surface area (Å²) in [5.74, 6) is -1.89. The van der Waals surface area contributed by atoms with Crippen molar-refractivity contribution in [3.05, 3.63) is 12.2 Å². The van der Waals surface area contributed by atoms with Crippen LogP contribution in [0.5, 0.6) is 0 Å². The number of carboxylic acid groups (broad SMARTS) is 1. The van der Waals surface area contributed by atoms with E-state index in [2.05, 4.69) is 0 Å². The normalized spacial score (nSPS) is 20.4. The standard InChI is InChI=1S/C17H25N3O7/c21-14(3-4-20-15(22)1-2-16(20)23)19-7-11-26-9-5-18(13-17(24)25)6-10-27-12-8-19/h1-2H,3-13H2,(H,24,25). The summed E-state index contributed by atoms with van der Waals surface area (Å²) in [7, 11) is 0. The van der Waals surface area contributed by atoms with Gasteiger partial charge in [-0.15, -0.1) is 0 Å². The van der Waals surface area contributed by atoms with Crippen LogP contribution < -0.4 is 0 Å². The molecule has 3 amide bonds. The van der Waals surface area contributed by atoms with Gasteiger partial charge in [0.1, 0.15) is 0 Å². The second-order valence-electron chi connectivity index (χ2n) is 6.19. The van der Waals surface area contributed by atoms with Crippen LogP contribution >= 0.6 is 0 Å². The fourth-order valence-electron chi connectivity index (χ4n) is 2.78. The van der Waals surface area contributed by atoms with Crippen molar-refractivity contribution in [2.45, 2.75) is 6.42 Å². The molecule has 1 saturated heterocycles. The van der Waals surface area contributed by atoms with Gasteiger partial charge >= 0.3 is 5.97 Å². The lowest BCUT2D eigenvalue weighted by Crippen LogP contribution is -2.41. The number of amides is 3. The van der Waals surface area contributed by atoms with E-state index in [0.29, 0.717) is 52.6 Å². The molecule has 0 spiro atoms. The zero-order chi connectivity index (χ0) is 19.6. The summed E-state index contributed by atoms with van der Waals surface area (Å²) in [5, 5.41) is 8.90. The van der Waals surface area contributed by atoms with Crippen molar-refractivity contribution >= 4 is 23.7 Å². The highest BCUT2D eigenvalue weighted by molar-refractivity contribution is 6.13. The van der Waals surface area contributed by atoms with Crippen LogP contribution in [-0.2, 0) is 28.7 Å². The van der Waals surface area contributed by atoms with Crippen molar-refractivity contribution in [3.63, 3.8) is 0 Å². The van der Waals surface area contributed by atoms with Crippen LogP contribution in [0.4, 0.5) is 0 Å². The first-order chi connectivity index (χ1) is 13.0. The number of carboxylic acids is 1. The van der Waals surface area contributed by atoms with E-state index in [0.717, 1.165) is 4.90 Å². The summed E-state index contributed by atoms with van der Waals surface area (Å²) >= 11 is 0. The molecule has 0 saturated carbocycles. The number of imide groups is 1. The van der Waals surface area contributed by atoms with E-state index in [1.807, 2.05) is 0 Å². The summed E-state index contributed by atoms with van der Waals surface area (Å²) in [6.45, 7) is 2.99. The first-order valence-corrected chi connectivity index (χ1v) is 8.88. The molecule has 0 aliphatic carbocycles. The first kappa shape index (κ1) is 21.0. The van der Waals surface area contributed by atoms with Gasteiger partial charge in [-0.05, 0) is 0 Å². The Morgan fingerprint density at radius 1 is 0.926 bits per heavy atom. The second kappa shape index (κ2) is 10.8. The van der Waals surface area contributed by atoms with Crippen LogP contribution in [0.3, 0.4) is 0 Å². The predicted octanol–water partition coefficient (Wildman–Crippen LogP) is -1.44. The molecular formula is C17H25N3O7. The molecule has 1 N–H and O–H groups in total. The maximum absolute atomic E-state index is 12.4. The number of ether oxygens (including phenoxy) is 2. The van der Waals surface area contributed by atoms with Crippen LogP contribution in [0, 0.1) is 0 Å². The number of carbonyl (C=O) groups excluding carboxylic acids is 3. The average molecular weight is 383 g/mol. The van der Waals surface area contributed by atoms with E-state index in [1.54, 1.807) is 9.80 Å². The quantitative estimate of drug-likeness (QED) is 0.574. The highest BCUT2D eigenvalue weighted by Crippen LogP contribution is 2.06. The van der Waals surface area contributed by atoms with Gasteiger partial charge in [0.2, 0.25) is 5.91 Å². The number of nitrogens with zero attached hydrogens (tertiary/aromatic N) is 3. The Balaban J connectivity index is 1.78. The van der Waals surface area contributed by atoms with Gasteiger partial charge in [-0.25, -0.2) is 0 Å². The van der Waals surface area contributed by atoms with Crippen molar-refractivity contribution < 1.29 is 33.8 Å². The number of aliphatic carboxylic acids is 1. The van der Waals surface area contributed by atoms with E-state index in [9.17, 15) is 19.2 Å². The number of hydrogen-bond acceptors (Lipinski definition) is 7. The molecule has 0 atom stereocenters. The number of hydrogen-bond donors (Lipinski definition) is 1. The lowest BCUT2D eigenvalue weighted by Gasteiger charge is -2.26. The lowest BCUT2D eigenvalue weighted by molar-refractivity contribution is -0.140. The molecule has 10 heteroatoms. The van der Waals surface area contributed by atoms with Crippen LogP contribution in [0.1, 0.15) is 6.42 Å². The zero-order valence-corrected chi connectivity index (χ0v) is 15.2. The van der Waals surface area contributed by atoms with Crippen LogP contribution in [-0.4, -0.2) is 109 Å². The summed E-state index contributed by atoms with van der Waals surface area (Å²) < 4.78 is 11.0. The molecule has 0 aromatic rings. The Morgan fingerprint density at radius 3 is 1.96 bits per heavy atom. The second-order valence-corrected chi connectivity index (χ2v) is 6.19. The van der Waals surface area contributed by atoms with Gasteiger partial charge in [-0.1, -0.05) is 0 Å². The third-order valence-electron chi connectivity index (χ3n) is 4.28. The number of carbonyl (C=O) groups is 4. The van der Waals surface area contributed by atoms with Crippen molar-refractivity contribution in [2.24, 2.45) is 0 Å². The third-order valence-corrected chi connectivity index (χ3v) is 4.28. The average Bonchev–Trinajstić information content (AvgIpc) is 2.93. The lowest BCUT2D eigenvalue weighted by atomic mass is 10.3. The summed E-state index contributed by atoms with van der Waals surface area (Å²) in [4.78, 5) is 50.7. The Bertz CT molecular complexity index is 561. The minimum atomic E-state index is -0.899. The first-order valence-electron chi connectivity index (χ1n) is 8.88. The topological polar surface area (TPSA) is 117 Å². The fourth-order valence-corrected chi connectivity index (χ4v) is 2.78. The summed E-state index contributed by atoms with van der Waals surface area (Å²) in [6.07, 6.45) is 2.43. The maximum Gasteiger partial charge on any atom is 0.317 e.